The number of rotatable bonds is 2. The molecule has 1 aromatic rings. The third kappa shape index (κ3) is 2.05. The van der Waals surface area contributed by atoms with Gasteiger partial charge in [-0.3, -0.25) is 19.7 Å². The van der Waals surface area contributed by atoms with Gasteiger partial charge in [0.15, 0.2) is 5.72 Å². The molecule has 1 amide bonds. The summed E-state index contributed by atoms with van der Waals surface area (Å²) in [5.41, 5.74) is -0.400. The summed E-state index contributed by atoms with van der Waals surface area (Å²) in [7, 11) is 0. The van der Waals surface area contributed by atoms with Gasteiger partial charge >= 0.3 is 0 Å². The normalized spacial score (nSPS) is 29.9. The number of nitro benzene ring substituents is 1. The first kappa shape index (κ1) is 13.5. The highest BCUT2D eigenvalue weighted by Crippen LogP contribution is 2.47. The topological polar surface area (TPSA) is 98.5 Å². The first-order chi connectivity index (χ1) is 9.81. The summed E-state index contributed by atoms with van der Waals surface area (Å²) in [5.74, 6) is -1.39. The van der Waals surface area contributed by atoms with E-state index in [1.807, 2.05) is 0 Å². The van der Waals surface area contributed by atoms with Crippen molar-refractivity contribution in [1.29, 1.82) is 0 Å². The molecular formula is C14H14N2O5. The van der Waals surface area contributed by atoms with Crippen LogP contribution < -0.4 is 10.1 Å². The zero-order valence-electron chi connectivity index (χ0n) is 11.6. The van der Waals surface area contributed by atoms with Crippen LogP contribution in [0.4, 0.5) is 5.69 Å². The Labute approximate surface area is 120 Å². The van der Waals surface area contributed by atoms with Crippen molar-refractivity contribution in [2.24, 2.45) is 5.92 Å². The van der Waals surface area contributed by atoms with E-state index in [0.717, 1.165) is 0 Å². The molecule has 0 aliphatic carbocycles. The van der Waals surface area contributed by atoms with E-state index in [9.17, 15) is 19.7 Å². The molecule has 7 heteroatoms. The van der Waals surface area contributed by atoms with E-state index in [1.165, 1.54) is 25.1 Å². The highest BCUT2D eigenvalue weighted by molar-refractivity contribution is 6.02. The minimum absolute atomic E-state index is 0.0748. The van der Waals surface area contributed by atoms with Crippen LogP contribution in [0.3, 0.4) is 0 Å². The average molecular weight is 290 g/mol. The summed E-state index contributed by atoms with van der Waals surface area (Å²) in [4.78, 5) is 34.4. The van der Waals surface area contributed by atoms with Crippen molar-refractivity contribution in [3.05, 3.63) is 33.9 Å². The number of carbonyl (C=O) groups is 2. The van der Waals surface area contributed by atoms with Crippen LogP contribution in [-0.4, -0.2) is 22.3 Å². The Morgan fingerprint density at radius 3 is 2.86 bits per heavy atom. The Kier molecular flexibility index (Phi) is 2.76. The molecule has 110 valence electrons. The van der Waals surface area contributed by atoms with E-state index in [4.69, 9.17) is 4.74 Å². The minimum Gasteiger partial charge on any atom is -0.468 e. The molecule has 0 saturated carbocycles. The van der Waals surface area contributed by atoms with Gasteiger partial charge < -0.3 is 10.1 Å². The second-order valence-corrected chi connectivity index (χ2v) is 5.70. The number of amides is 1. The quantitative estimate of drug-likeness (QED) is 0.505. The van der Waals surface area contributed by atoms with Crippen molar-refractivity contribution in [2.75, 3.05) is 0 Å². The van der Waals surface area contributed by atoms with Crippen LogP contribution in [0.5, 0.6) is 5.75 Å². The molecule has 2 bridgehead atoms. The molecule has 7 nitrogen and oxygen atoms in total. The number of non-ortho nitro benzene ring substituents is 1. The number of benzene rings is 1. The zero-order valence-corrected chi connectivity index (χ0v) is 11.6. The summed E-state index contributed by atoms with van der Waals surface area (Å²) >= 11 is 0. The van der Waals surface area contributed by atoms with E-state index in [0.29, 0.717) is 17.7 Å². The summed E-state index contributed by atoms with van der Waals surface area (Å²) in [6.45, 7) is 3.10. The fourth-order valence-corrected chi connectivity index (χ4v) is 3.21. The van der Waals surface area contributed by atoms with Crippen molar-refractivity contribution in [2.45, 2.75) is 31.9 Å². The van der Waals surface area contributed by atoms with Gasteiger partial charge in [-0.2, -0.15) is 0 Å². The lowest BCUT2D eigenvalue weighted by molar-refractivity contribution is -0.385. The summed E-state index contributed by atoms with van der Waals surface area (Å²) in [5, 5.41) is 13.6. The van der Waals surface area contributed by atoms with Crippen molar-refractivity contribution in [3.63, 3.8) is 0 Å². The number of hydrogen-bond acceptors (Lipinski definition) is 5. The van der Waals surface area contributed by atoms with Crippen LogP contribution >= 0.6 is 0 Å². The summed E-state index contributed by atoms with van der Waals surface area (Å²) in [6.07, 6.45) is 0.414. The number of Topliss-reactive ketones (excluding diaryl/α,β-unsaturated/α-hetero) is 1. The first-order valence-electron chi connectivity index (χ1n) is 6.60. The maximum absolute atomic E-state index is 12.1. The second kappa shape index (κ2) is 4.28. The van der Waals surface area contributed by atoms with Gasteiger partial charge in [-0.15, -0.1) is 0 Å². The van der Waals surface area contributed by atoms with Gasteiger partial charge in [-0.1, -0.05) is 0 Å². The Morgan fingerprint density at radius 1 is 1.52 bits per heavy atom. The fourth-order valence-electron chi connectivity index (χ4n) is 3.21. The SMILES string of the molecule is CC(=O)C1C(=O)N[C@@]2(C)C[C@@H]1c1cc([N+](=O)[O-])ccc1O2. The van der Waals surface area contributed by atoms with Crippen molar-refractivity contribution >= 4 is 17.4 Å². The largest absolute Gasteiger partial charge is 0.468 e. The van der Waals surface area contributed by atoms with Gasteiger partial charge in [-0.25, -0.2) is 0 Å². The van der Waals surface area contributed by atoms with Crippen LogP contribution in [0.25, 0.3) is 0 Å². The predicted molar refractivity (Wildman–Crippen MR) is 71.8 cm³/mol. The smallest absolute Gasteiger partial charge is 0.269 e. The monoisotopic (exact) mass is 290 g/mol. The van der Waals surface area contributed by atoms with Crippen LogP contribution in [0.2, 0.25) is 0 Å². The lowest BCUT2D eigenvalue weighted by atomic mass is 9.73. The van der Waals surface area contributed by atoms with Crippen LogP contribution in [0.15, 0.2) is 18.2 Å². The highest BCUT2D eigenvalue weighted by Gasteiger charge is 2.50. The van der Waals surface area contributed by atoms with E-state index in [-0.39, 0.29) is 11.5 Å². The number of fused-ring (bicyclic) bond motifs is 4. The number of nitro groups is 1. The lowest BCUT2D eigenvalue weighted by Gasteiger charge is -2.46. The third-order valence-electron chi connectivity index (χ3n) is 4.06. The number of ketones is 1. The highest BCUT2D eigenvalue weighted by atomic mass is 16.6. The summed E-state index contributed by atoms with van der Waals surface area (Å²) in [6, 6.07) is 4.27. The third-order valence-corrected chi connectivity index (χ3v) is 4.06. The molecule has 0 radical (unpaired) electrons. The molecule has 3 atom stereocenters. The zero-order chi connectivity index (χ0) is 15.4. The minimum atomic E-state index is -0.878. The molecule has 0 aromatic heterocycles. The molecule has 21 heavy (non-hydrogen) atoms. The molecule has 0 spiro atoms. The van der Waals surface area contributed by atoms with E-state index < -0.39 is 28.4 Å². The van der Waals surface area contributed by atoms with Crippen molar-refractivity contribution < 1.29 is 19.2 Å². The standard InChI is InChI=1S/C14H14N2O5/c1-7(17)12-10-6-14(2,15-13(12)18)21-11-4-3-8(16(19)20)5-9(10)11/h3-5,10,12H,6H2,1-2H3,(H,15,18)/t10-,12?,14-/m1/s1. The van der Waals surface area contributed by atoms with Crippen LogP contribution in [0.1, 0.15) is 31.7 Å². The van der Waals surface area contributed by atoms with Gasteiger partial charge in [0, 0.05) is 30.0 Å². The van der Waals surface area contributed by atoms with Crippen LogP contribution in [-0.2, 0) is 9.59 Å². The van der Waals surface area contributed by atoms with E-state index >= 15 is 0 Å². The molecule has 1 saturated heterocycles. The maximum atomic E-state index is 12.1. The first-order valence-corrected chi connectivity index (χ1v) is 6.60. The molecule has 1 unspecified atom stereocenters. The van der Waals surface area contributed by atoms with E-state index in [2.05, 4.69) is 5.32 Å². The van der Waals surface area contributed by atoms with E-state index in [1.54, 1.807) is 6.92 Å². The van der Waals surface area contributed by atoms with Crippen molar-refractivity contribution in [3.8, 4) is 5.75 Å². The maximum Gasteiger partial charge on any atom is 0.269 e. The van der Waals surface area contributed by atoms with Crippen LogP contribution in [0, 0.1) is 16.0 Å². The number of nitrogens with zero attached hydrogens (tertiary/aromatic N) is 1. The number of nitrogens with one attached hydrogen (secondary N) is 1. The van der Waals surface area contributed by atoms with Gasteiger partial charge in [0.1, 0.15) is 17.5 Å². The molecular weight excluding hydrogens is 276 g/mol. The molecule has 2 aliphatic heterocycles. The molecule has 1 N–H and O–H groups in total. The number of hydrogen-bond donors (Lipinski definition) is 1. The molecule has 2 heterocycles. The van der Waals surface area contributed by atoms with Gasteiger partial charge in [0.05, 0.1) is 4.92 Å². The Balaban J connectivity index is 2.15. The fraction of sp³-hybridized carbons (Fsp3) is 0.429. The van der Waals surface area contributed by atoms with Gasteiger partial charge in [0.2, 0.25) is 5.91 Å². The van der Waals surface area contributed by atoms with Gasteiger partial charge in [-0.05, 0) is 19.9 Å². The Hall–Kier alpha value is -2.44. The second-order valence-electron chi connectivity index (χ2n) is 5.70. The van der Waals surface area contributed by atoms with Gasteiger partial charge in [0.25, 0.3) is 5.69 Å². The summed E-state index contributed by atoms with van der Waals surface area (Å²) < 4.78 is 5.76. The average Bonchev–Trinajstić information content (AvgIpc) is 2.36. The Morgan fingerprint density at radius 2 is 2.24 bits per heavy atom. The number of piperidine rings is 1. The number of ether oxygens (including phenoxy) is 1. The predicted octanol–water partition coefficient (Wildman–Crippen LogP) is 1.51. The molecule has 1 aromatic carbocycles. The molecule has 1 fully saturated rings. The lowest BCUT2D eigenvalue weighted by Crippen LogP contribution is -2.61. The molecule has 2 aliphatic rings. The molecule has 3 rings (SSSR count). The van der Waals surface area contributed by atoms with Crippen molar-refractivity contribution in [1.82, 2.24) is 5.32 Å². The number of carbonyl (C=O) groups excluding carboxylic acids is 2. The Bertz CT molecular complexity index is 671.